The minimum absolute atomic E-state index is 0.389. The van der Waals surface area contributed by atoms with E-state index in [-0.39, 0.29) is 0 Å². The number of hydrogen-bond donors (Lipinski definition) is 2. The molecule has 0 bridgehead atoms. The molecule has 0 amide bonds. The predicted octanol–water partition coefficient (Wildman–Crippen LogP) is 1.28. The van der Waals surface area contributed by atoms with Crippen molar-refractivity contribution in [3.8, 4) is 12.3 Å². The van der Waals surface area contributed by atoms with Crippen molar-refractivity contribution in [2.45, 2.75) is 19.4 Å². The molecule has 0 saturated heterocycles. The van der Waals surface area contributed by atoms with E-state index < -0.39 is 0 Å². The molecule has 0 radical (unpaired) electrons. The van der Waals surface area contributed by atoms with Gasteiger partial charge in [0, 0.05) is 25.2 Å². The summed E-state index contributed by atoms with van der Waals surface area (Å²) in [6.07, 6.45) is 11.9. The molecule has 2 nitrogen and oxygen atoms in total. The average Bonchev–Trinajstić information content (AvgIpc) is 2.16. The quantitative estimate of drug-likeness (QED) is 0.489. The minimum atomic E-state index is 0.389. The Morgan fingerprint density at radius 2 is 2.23 bits per heavy atom. The molecule has 0 aliphatic heterocycles. The Labute approximate surface area is 81.1 Å². The Kier molecular flexibility index (Phi) is 6.76. The van der Waals surface area contributed by atoms with Crippen LogP contribution in [0.2, 0.25) is 0 Å². The van der Waals surface area contributed by atoms with Crippen LogP contribution in [0.3, 0.4) is 0 Å². The first-order chi connectivity index (χ1) is 6.24. The second-order valence-electron chi connectivity index (χ2n) is 2.79. The van der Waals surface area contributed by atoms with E-state index in [0.29, 0.717) is 12.5 Å². The molecule has 0 spiro atoms. The highest BCUT2D eigenvalue weighted by Crippen LogP contribution is 1.95. The fourth-order valence-electron chi connectivity index (χ4n) is 0.775. The topological polar surface area (TPSA) is 24.1 Å². The van der Waals surface area contributed by atoms with Crippen molar-refractivity contribution in [3.63, 3.8) is 0 Å². The third-order valence-electron chi connectivity index (χ3n) is 1.77. The molecule has 13 heavy (non-hydrogen) atoms. The maximum atomic E-state index is 5.20. The van der Waals surface area contributed by atoms with Crippen molar-refractivity contribution in [1.82, 2.24) is 10.6 Å². The maximum absolute atomic E-state index is 5.20. The average molecular weight is 178 g/mol. The van der Waals surface area contributed by atoms with Crippen LogP contribution in [0, 0.1) is 12.3 Å². The van der Waals surface area contributed by atoms with Gasteiger partial charge in [-0.2, -0.15) is 0 Å². The molecule has 0 saturated carbocycles. The van der Waals surface area contributed by atoms with Crippen molar-refractivity contribution in [1.29, 1.82) is 0 Å². The van der Waals surface area contributed by atoms with Gasteiger partial charge in [-0.15, -0.1) is 12.3 Å². The minimum Gasteiger partial charge on any atom is -0.391 e. The fraction of sp³-hybridized carbons (Fsp3) is 0.455. The summed E-state index contributed by atoms with van der Waals surface area (Å²) in [7, 11) is 3.80. The van der Waals surface area contributed by atoms with Crippen LogP contribution in [0.15, 0.2) is 23.9 Å². The number of nitrogens with one attached hydrogen (secondary N) is 2. The van der Waals surface area contributed by atoms with Gasteiger partial charge >= 0.3 is 0 Å². The molecule has 2 N–H and O–H groups in total. The second kappa shape index (κ2) is 7.45. The number of likely N-dealkylation sites (N-methyl/N-ethyl adjacent to an activating group) is 1. The van der Waals surface area contributed by atoms with Crippen LogP contribution >= 0.6 is 0 Å². The first kappa shape index (κ1) is 11.8. The van der Waals surface area contributed by atoms with Gasteiger partial charge in [0.1, 0.15) is 0 Å². The lowest BCUT2D eigenvalue weighted by molar-refractivity contribution is 0.729. The molecule has 0 aromatic rings. The molecule has 2 heteroatoms. The summed E-state index contributed by atoms with van der Waals surface area (Å²) >= 11 is 0. The van der Waals surface area contributed by atoms with Crippen molar-refractivity contribution < 1.29 is 0 Å². The van der Waals surface area contributed by atoms with Crippen LogP contribution in [-0.4, -0.2) is 20.1 Å². The van der Waals surface area contributed by atoms with E-state index in [1.165, 1.54) is 0 Å². The molecule has 0 rings (SSSR count). The molecule has 72 valence electrons. The largest absolute Gasteiger partial charge is 0.391 e. The van der Waals surface area contributed by atoms with Crippen molar-refractivity contribution in [2.75, 3.05) is 14.1 Å². The van der Waals surface area contributed by atoms with Crippen LogP contribution in [-0.2, 0) is 0 Å². The van der Waals surface area contributed by atoms with E-state index in [4.69, 9.17) is 6.42 Å². The van der Waals surface area contributed by atoms with Gasteiger partial charge in [-0.3, -0.25) is 0 Å². The lowest BCUT2D eigenvalue weighted by Crippen LogP contribution is -2.17. The summed E-state index contributed by atoms with van der Waals surface area (Å²) in [5, 5.41) is 6.15. The van der Waals surface area contributed by atoms with Gasteiger partial charge in [-0.05, 0) is 20.0 Å². The lowest BCUT2D eigenvalue weighted by atomic mass is 10.2. The summed E-state index contributed by atoms with van der Waals surface area (Å²) in [6.45, 7) is 2.09. The van der Waals surface area contributed by atoms with Gasteiger partial charge in [0.2, 0.25) is 0 Å². The predicted molar refractivity (Wildman–Crippen MR) is 58.3 cm³/mol. The van der Waals surface area contributed by atoms with Gasteiger partial charge in [-0.25, -0.2) is 0 Å². The Balaban J connectivity index is 4.06. The highest BCUT2D eigenvalue weighted by molar-refractivity contribution is 5.16. The first-order valence-corrected chi connectivity index (χ1v) is 4.40. The summed E-state index contributed by atoms with van der Waals surface area (Å²) in [6, 6.07) is 0.389. The van der Waals surface area contributed by atoms with Crippen LogP contribution in [0.5, 0.6) is 0 Å². The van der Waals surface area contributed by atoms with Crippen molar-refractivity contribution in [3.05, 3.63) is 23.9 Å². The van der Waals surface area contributed by atoms with Crippen LogP contribution < -0.4 is 10.6 Å². The Morgan fingerprint density at radius 3 is 2.69 bits per heavy atom. The second-order valence-corrected chi connectivity index (χ2v) is 2.79. The van der Waals surface area contributed by atoms with E-state index in [0.717, 1.165) is 5.70 Å². The van der Waals surface area contributed by atoms with Crippen molar-refractivity contribution >= 4 is 0 Å². The molecular formula is C11H18N2. The van der Waals surface area contributed by atoms with Gasteiger partial charge in [0.05, 0.1) is 0 Å². The van der Waals surface area contributed by atoms with Gasteiger partial charge in [0.25, 0.3) is 0 Å². The zero-order valence-electron chi connectivity index (χ0n) is 8.59. The van der Waals surface area contributed by atoms with E-state index in [2.05, 4.69) is 29.6 Å². The number of rotatable bonds is 5. The van der Waals surface area contributed by atoms with Gasteiger partial charge < -0.3 is 10.6 Å². The standard InChI is InChI=1S/C11H18N2/c1-5-7-11(13-4)9-6-8-10(2)12-3/h1,6,8-10,12-13H,7H2,2-4H3/b8-6-,11-9+. The lowest BCUT2D eigenvalue weighted by Gasteiger charge is -2.02. The molecule has 0 aliphatic carbocycles. The molecule has 0 fully saturated rings. The summed E-state index contributed by atoms with van der Waals surface area (Å²) in [5.74, 6) is 2.59. The van der Waals surface area contributed by atoms with Crippen LogP contribution in [0.4, 0.5) is 0 Å². The molecule has 0 aromatic heterocycles. The van der Waals surface area contributed by atoms with E-state index in [1.54, 1.807) is 0 Å². The highest BCUT2D eigenvalue weighted by Gasteiger charge is 1.89. The normalized spacial score (nSPS) is 14.2. The molecule has 0 heterocycles. The summed E-state index contributed by atoms with van der Waals surface area (Å²) in [5.41, 5.74) is 1.06. The zero-order chi connectivity index (χ0) is 10.1. The van der Waals surface area contributed by atoms with Crippen LogP contribution in [0.1, 0.15) is 13.3 Å². The SMILES string of the molecule is C#CC/C(=C\C=C/C(C)NC)NC. The van der Waals surface area contributed by atoms with Crippen LogP contribution in [0.25, 0.3) is 0 Å². The molecule has 0 aromatic carbocycles. The summed E-state index contributed by atoms with van der Waals surface area (Å²) in [4.78, 5) is 0. The molecule has 0 aliphatic rings. The smallest absolute Gasteiger partial charge is 0.0485 e. The molecular weight excluding hydrogens is 160 g/mol. The molecule has 1 atom stereocenters. The number of terminal acetylenes is 1. The van der Waals surface area contributed by atoms with Crippen molar-refractivity contribution in [2.24, 2.45) is 0 Å². The maximum Gasteiger partial charge on any atom is 0.0485 e. The number of hydrogen-bond acceptors (Lipinski definition) is 2. The van der Waals surface area contributed by atoms with E-state index in [9.17, 15) is 0 Å². The summed E-state index contributed by atoms with van der Waals surface area (Å²) < 4.78 is 0. The fourth-order valence-corrected chi connectivity index (χ4v) is 0.775. The van der Waals surface area contributed by atoms with Gasteiger partial charge in [0.15, 0.2) is 0 Å². The molecule has 1 unspecified atom stereocenters. The monoisotopic (exact) mass is 178 g/mol. The zero-order valence-corrected chi connectivity index (χ0v) is 8.59. The Hall–Kier alpha value is -1.20. The third-order valence-corrected chi connectivity index (χ3v) is 1.77. The Morgan fingerprint density at radius 1 is 1.54 bits per heavy atom. The highest BCUT2D eigenvalue weighted by atomic mass is 14.8. The third kappa shape index (κ3) is 6.01. The first-order valence-electron chi connectivity index (χ1n) is 4.40. The van der Waals surface area contributed by atoms with E-state index in [1.807, 2.05) is 26.2 Å². The number of allylic oxidation sites excluding steroid dienone is 3. The van der Waals surface area contributed by atoms with E-state index >= 15 is 0 Å². The van der Waals surface area contributed by atoms with Gasteiger partial charge in [-0.1, -0.05) is 12.2 Å². The Bertz CT molecular complexity index is 221.